The van der Waals surface area contributed by atoms with Crippen LogP contribution in [-0.2, 0) is 27.3 Å². The fourth-order valence-corrected chi connectivity index (χ4v) is 2.36. The third-order valence-corrected chi connectivity index (χ3v) is 3.63. The number of carbonyl (C=O) groups excluding carboxylic acids is 1. The summed E-state index contributed by atoms with van der Waals surface area (Å²) in [6, 6.07) is 16.9. The monoisotopic (exact) mass is 298 g/mol. The lowest BCUT2D eigenvalue weighted by Gasteiger charge is -2.06. The van der Waals surface area contributed by atoms with E-state index < -0.39 is 0 Å². The Labute approximate surface area is 131 Å². The second-order valence-corrected chi connectivity index (χ2v) is 5.26. The van der Waals surface area contributed by atoms with Crippen molar-refractivity contribution in [3.05, 3.63) is 59.7 Å². The Balaban J connectivity index is 1.94. The van der Waals surface area contributed by atoms with Gasteiger partial charge in [0.15, 0.2) is 0 Å². The Morgan fingerprint density at radius 2 is 1.41 bits per heavy atom. The lowest BCUT2D eigenvalue weighted by atomic mass is 10.0. The van der Waals surface area contributed by atoms with Crippen LogP contribution in [-0.4, -0.2) is 20.2 Å². The average molecular weight is 298 g/mol. The molecule has 0 N–H and O–H groups in total. The van der Waals surface area contributed by atoms with Crippen LogP contribution in [0, 0.1) is 0 Å². The van der Waals surface area contributed by atoms with Crippen LogP contribution in [0.25, 0.3) is 11.1 Å². The van der Waals surface area contributed by atoms with Gasteiger partial charge in [-0.2, -0.15) is 0 Å². The van der Waals surface area contributed by atoms with Crippen LogP contribution in [0.4, 0.5) is 0 Å². The first-order chi connectivity index (χ1) is 10.7. The number of benzene rings is 2. The molecule has 116 valence electrons. The molecule has 0 aliphatic rings. The maximum absolute atomic E-state index is 11.1. The molecule has 0 aromatic heterocycles. The minimum absolute atomic E-state index is 0.146. The molecule has 0 aliphatic carbocycles. The van der Waals surface area contributed by atoms with E-state index in [1.165, 1.54) is 29.4 Å². The molecule has 0 spiro atoms. The molecule has 2 rings (SSSR count). The number of carbonyl (C=O) groups is 1. The molecule has 22 heavy (non-hydrogen) atoms. The van der Waals surface area contributed by atoms with Gasteiger partial charge in [0.2, 0.25) is 0 Å². The Hall–Kier alpha value is -2.13. The molecule has 3 heteroatoms. The first-order valence-corrected chi connectivity index (χ1v) is 7.47. The maximum atomic E-state index is 11.1. The molecule has 2 aromatic carbocycles. The summed E-state index contributed by atoms with van der Waals surface area (Å²) in [5.41, 5.74) is 4.80. The molecule has 0 bridgehead atoms. The van der Waals surface area contributed by atoms with Crippen molar-refractivity contribution in [2.24, 2.45) is 0 Å². The van der Waals surface area contributed by atoms with Gasteiger partial charge in [-0.15, -0.1) is 0 Å². The van der Waals surface area contributed by atoms with Crippen molar-refractivity contribution in [2.75, 3.05) is 14.2 Å². The summed E-state index contributed by atoms with van der Waals surface area (Å²) in [6.07, 6.45) is 2.18. The molecule has 0 saturated heterocycles. The highest BCUT2D eigenvalue weighted by atomic mass is 16.5. The highest BCUT2D eigenvalue weighted by molar-refractivity contribution is 5.69. The molecule has 0 radical (unpaired) electrons. The van der Waals surface area contributed by atoms with E-state index in [-0.39, 0.29) is 5.97 Å². The Morgan fingerprint density at radius 3 is 1.91 bits per heavy atom. The topological polar surface area (TPSA) is 35.5 Å². The van der Waals surface area contributed by atoms with E-state index in [1.54, 1.807) is 7.11 Å². The van der Waals surface area contributed by atoms with E-state index in [9.17, 15) is 4.79 Å². The van der Waals surface area contributed by atoms with Crippen molar-refractivity contribution in [1.29, 1.82) is 0 Å². The van der Waals surface area contributed by atoms with Gasteiger partial charge < -0.3 is 9.47 Å². The van der Waals surface area contributed by atoms with Crippen LogP contribution in [0.5, 0.6) is 0 Å². The van der Waals surface area contributed by atoms with E-state index >= 15 is 0 Å². The molecule has 0 heterocycles. The largest absolute Gasteiger partial charge is 0.469 e. The number of aryl methyl sites for hydroxylation is 1. The van der Waals surface area contributed by atoms with Gasteiger partial charge in [0.05, 0.1) is 13.7 Å². The quantitative estimate of drug-likeness (QED) is 0.725. The lowest BCUT2D eigenvalue weighted by molar-refractivity contribution is -0.140. The third-order valence-electron chi connectivity index (χ3n) is 3.63. The molecule has 2 aromatic rings. The molecule has 0 aliphatic heterocycles. The summed E-state index contributed by atoms with van der Waals surface area (Å²) in [6.45, 7) is 0.638. The zero-order chi connectivity index (χ0) is 15.8. The predicted molar refractivity (Wildman–Crippen MR) is 87.5 cm³/mol. The molecule has 3 nitrogen and oxygen atoms in total. The van der Waals surface area contributed by atoms with Crippen LogP contribution < -0.4 is 0 Å². The number of hydrogen-bond acceptors (Lipinski definition) is 3. The number of ether oxygens (including phenoxy) is 2. The number of hydrogen-bond donors (Lipinski definition) is 0. The predicted octanol–water partition coefficient (Wildman–Crippen LogP) is 4.00. The van der Waals surface area contributed by atoms with E-state index in [0.29, 0.717) is 13.0 Å². The van der Waals surface area contributed by atoms with Gasteiger partial charge in [-0.1, -0.05) is 48.5 Å². The van der Waals surface area contributed by atoms with Gasteiger partial charge in [0, 0.05) is 13.5 Å². The van der Waals surface area contributed by atoms with Crippen LogP contribution in [0.3, 0.4) is 0 Å². The second kappa shape index (κ2) is 8.35. The van der Waals surface area contributed by atoms with Crippen LogP contribution in [0.15, 0.2) is 48.5 Å². The zero-order valence-electron chi connectivity index (χ0n) is 13.2. The maximum Gasteiger partial charge on any atom is 0.305 e. The molecule has 0 saturated carbocycles. The second-order valence-electron chi connectivity index (χ2n) is 5.26. The van der Waals surface area contributed by atoms with Crippen LogP contribution >= 0.6 is 0 Å². The summed E-state index contributed by atoms with van der Waals surface area (Å²) in [5, 5.41) is 0. The third kappa shape index (κ3) is 4.71. The lowest BCUT2D eigenvalue weighted by Crippen LogP contribution is -2.00. The molecular weight excluding hydrogens is 276 g/mol. The number of rotatable bonds is 7. The summed E-state index contributed by atoms with van der Waals surface area (Å²) >= 11 is 0. The average Bonchev–Trinajstić information content (AvgIpc) is 2.56. The highest BCUT2D eigenvalue weighted by Gasteiger charge is 2.02. The zero-order valence-corrected chi connectivity index (χ0v) is 13.2. The minimum atomic E-state index is -0.146. The Kier molecular flexibility index (Phi) is 6.16. The summed E-state index contributed by atoms with van der Waals surface area (Å²) in [4.78, 5) is 11.1. The number of esters is 1. The fraction of sp³-hybridized carbons (Fsp3) is 0.316. The molecule has 0 unspecified atom stereocenters. The molecule has 0 amide bonds. The minimum Gasteiger partial charge on any atom is -0.469 e. The van der Waals surface area contributed by atoms with Crippen molar-refractivity contribution in [3.8, 4) is 11.1 Å². The van der Waals surface area contributed by atoms with Gasteiger partial charge in [-0.25, -0.2) is 0 Å². The van der Waals surface area contributed by atoms with Crippen molar-refractivity contribution < 1.29 is 14.3 Å². The summed E-state index contributed by atoms with van der Waals surface area (Å²) in [7, 11) is 3.13. The van der Waals surface area contributed by atoms with E-state index in [1.807, 2.05) is 0 Å². The normalized spacial score (nSPS) is 10.5. The van der Waals surface area contributed by atoms with E-state index in [4.69, 9.17) is 4.74 Å². The first-order valence-electron chi connectivity index (χ1n) is 7.47. The van der Waals surface area contributed by atoms with E-state index in [2.05, 4.69) is 53.3 Å². The highest BCUT2D eigenvalue weighted by Crippen LogP contribution is 2.21. The van der Waals surface area contributed by atoms with Gasteiger partial charge in [0.1, 0.15) is 0 Å². The Bertz CT molecular complexity index is 585. The smallest absolute Gasteiger partial charge is 0.305 e. The molecule has 0 atom stereocenters. The van der Waals surface area contributed by atoms with Crippen LogP contribution in [0.1, 0.15) is 24.0 Å². The molecule has 0 fully saturated rings. The molecular formula is C19H22O3. The first kappa shape index (κ1) is 16.2. The number of methoxy groups -OCH3 is 2. The fourth-order valence-electron chi connectivity index (χ4n) is 2.36. The van der Waals surface area contributed by atoms with Crippen LogP contribution in [0.2, 0.25) is 0 Å². The van der Waals surface area contributed by atoms with Gasteiger partial charge in [-0.3, -0.25) is 4.79 Å². The van der Waals surface area contributed by atoms with Crippen molar-refractivity contribution >= 4 is 5.97 Å². The van der Waals surface area contributed by atoms with E-state index in [0.717, 1.165) is 12.8 Å². The van der Waals surface area contributed by atoms with Gasteiger partial charge in [-0.05, 0) is 35.1 Å². The summed E-state index contributed by atoms with van der Waals surface area (Å²) in [5.74, 6) is -0.146. The Morgan fingerprint density at radius 1 is 0.864 bits per heavy atom. The van der Waals surface area contributed by atoms with Crippen molar-refractivity contribution in [3.63, 3.8) is 0 Å². The standard InChI is InChI=1S/C19H22O3/c1-21-14-16-8-12-18(13-9-16)17-10-6-15(7-11-17)4-3-5-19(20)22-2/h6-13H,3-5,14H2,1-2H3. The SMILES string of the molecule is COCc1ccc(-c2ccc(CCCC(=O)OC)cc2)cc1. The van der Waals surface area contributed by atoms with Crippen molar-refractivity contribution in [2.45, 2.75) is 25.9 Å². The summed E-state index contributed by atoms with van der Waals surface area (Å²) < 4.78 is 9.76. The van der Waals surface area contributed by atoms with Gasteiger partial charge >= 0.3 is 5.97 Å². The van der Waals surface area contributed by atoms with Crippen molar-refractivity contribution in [1.82, 2.24) is 0 Å². The van der Waals surface area contributed by atoms with Gasteiger partial charge in [0.25, 0.3) is 0 Å².